The number of para-hydroxylation sites is 4. The molecule has 19 aromatic rings. The number of hydrogen-bond acceptors (Lipinski definition) is 3. The summed E-state index contributed by atoms with van der Waals surface area (Å²) in [7, 11) is 0. The van der Waals surface area contributed by atoms with Crippen molar-refractivity contribution in [1.82, 2.24) is 33.2 Å². The van der Waals surface area contributed by atoms with Crippen molar-refractivity contribution in [2.45, 2.75) is 27.7 Å². The number of aromatic nitrogens is 7. The van der Waals surface area contributed by atoms with Crippen molar-refractivity contribution >= 4 is 87.2 Å². The van der Waals surface area contributed by atoms with Gasteiger partial charge in [-0.2, -0.15) is 0 Å². The van der Waals surface area contributed by atoms with Crippen LogP contribution in [0, 0.1) is 27.7 Å². The molecule has 0 bridgehead atoms. The minimum atomic E-state index is 0.521. The lowest BCUT2D eigenvalue weighted by Crippen LogP contribution is -2.12. The Kier molecular flexibility index (Phi) is 13.0. The summed E-state index contributed by atoms with van der Waals surface area (Å²) in [6.45, 7) is 8.82. The summed E-state index contributed by atoms with van der Waals surface area (Å²) in [6.07, 6.45) is 0. The van der Waals surface area contributed by atoms with Crippen LogP contribution >= 0.6 is 0 Å². The van der Waals surface area contributed by atoms with Gasteiger partial charge in [-0.15, -0.1) is 0 Å². The Morgan fingerprint density at radius 3 is 0.878 bits per heavy atom. The fourth-order valence-electron chi connectivity index (χ4n) is 15.7. The largest absolute Gasteiger partial charge is 0.309 e. The van der Waals surface area contributed by atoms with Crippen LogP contribution in [0.3, 0.4) is 0 Å². The predicted octanol–water partition coefficient (Wildman–Crippen LogP) is 23.5. The van der Waals surface area contributed by atoms with Crippen molar-refractivity contribution in [1.29, 1.82) is 0 Å². The first-order valence-electron chi connectivity index (χ1n) is 33.7. The number of nitrogens with zero attached hydrogens (tertiary/aromatic N) is 7. The van der Waals surface area contributed by atoms with Gasteiger partial charge in [-0.3, -0.25) is 0 Å². The van der Waals surface area contributed by atoms with Gasteiger partial charge < -0.3 is 18.3 Å². The van der Waals surface area contributed by atoms with Gasteiger partial charge in [0.05, 0.1) is 61.1 Å². The molecule has 14 aromatic carbocycles. The quantitative estimate of drug-likeness (QED) is 0.137. The maximum atomic E-state index is 6.00. The third kappa shape index (κ3) is 8.93. The highest BCUT2D eigenvalue weighted by atomic mass is 15.1. The Morgan fingerprint density at radius 1 is 0.194 bits per heavy atom. The van der Waals surface area contributed by atoms with E-state index in [1.807, 2.05) is 0 Å². The van der Waals surface area contributed by atoms with E-state index in [0.717, 1.165) is 149 Å². The van der Waals surface area contributed by atoms with Gasteiger partial charge in [0.15, 0.2) is 17.5 Å². The third-order valence-corrected chi connectivity index (χ3v) is 20.0. The highest BCUT2D eigenvalue weighted by molar-refractivity contribution is 6.20. The average molecular weight is 1250 g/mol. The summed E-state index contributed by atoms with van der Waals surface area (Å²) in [6, 6.07) is 114. The molecule has 0 aliphatic rings. The minimum Gasteiger partial charge on any atom is -0.309 e. The van der Waals surface area contributed by atoms with Gasteiger partial charge in [0.1, 0.15) is 0 Å². The molecule has 462 valence electrons. The number of benzene rings is 14. The van der Waals surface area contributed by atoms with Crippen molar-refractivity contribution in [2.24, 2.45) is 0 Å². The molecule has 0 saturated carbocycles. The van der Waals surface area contributed by atoms with E-state index in [4.69, 9.17) is 15.0 Å². The van der Waals surface area contributed by atoms with Gasteiger partial charge >= 0.3 is 0 Å². The van der Waals surface area contributed by atoms with E-state index in [0.29, 0.717) is 17.5 Å². The molecule has 98 heavy (non-hydrogen) atoms. The predicted molar refractivity (Wildman–Crippen MR) is 409 cm³/mol. The molecule has 0 amide bonds. The molecule has 0 spiro atoms. The second kappa shape index (κ2) is 22.5. The number of aryl methyl sites for hydroxylation is 4. The van der Waals surface area contributed by atoms with Crippen LogP contribution in [-0.2, 0) is 0 Å². The zero-order chi connectivity index (χ0) is 65.3. The molecule has 19 rings (SSSR count). The first-order chi connectivity index (χ1) is 48.3. The second-order valence-corrected chi connectivity index (χ2v) is 26.2. The van der Waals surface area contributed by atoms with Gasteiger partial charge in [-0.1, -0.05) is 235 Å². The zero-order valence-corrected chi connectivity index (χ0v) is 54.6. The Bertz CT molecular complexity index is 5950. The number of fused-ring (bicyclic) bond motifs is 12. The number of rotatable bonds is 10. The van der Waals surface area contributed by atoms with E-state index in [2.05, 4.69) is 355 Å². The summed E-state index contributed by atoms with van der Waals surface area (Å²) >= 11 is 0. The Hall–Kier alpha value is -12.7. The van der Waals surface area contributed by atoms with Crippen LogP contribution < -0.4 is 0 Å². The Morgan fingerprint density at radius 2 is 0.500 bits per heavy atom. The maximum Gasteiger partial charge on any atom is 0.168 e. The first kappa shape index (κ1) is 56.8. The average Bonchev–Trinajstić information content (AvgIpc) is 1.24. The topological polar surface area (TPSA) is 58.4 Å². The van der Waals surface area contributed by atoms with Crippen molar-refractivity contribution in [3.63, 3.8) is 0 Å². The molecule has 7 heteroatoms. The summed E-state index contributed by atoms with van der Waals surface area (Å²) in [5.41, 5.74) is 26.1. The lowest BCUT2D eigenvalue weighted by Gasteiger charge is -2.30. The van der Waals surface area contributed by atoms with Crippen molar-refractivity contribution in [3.05, 3.63) is 332 Å². The second-order valence-electron chi connectivity index (χ2n) is 26.2. The highest BCUT2D eigenvalue weighted by Crippen LogP contribution is 2.56. The summed E-state index contributed by atoms with van der Waals surface area (Å²) in [4.78, 5) is 17.5. The van der Waals surface area contributed by atoms with Crippen LogP contribution in [0.25, 0.3) is 178 Å². The van der Waals surface area contributed by atoms with E-state index < -0.39 is 0 Å². The Labute approximate surface area is 566 Å². The molecule has 5 aromatic heterocycles. The van der Waals surface area contributed by atoms with Crippen LogP contribution in [0.1, 0.15) is 22.3 Å². The first-order valence-corrected chi connectivity index (χ1v) is 33.7. The molecule has 0 fully saturated rings. The molecule has 0 N–H and O–H groups in total. The molecule has 7 nitrogen and oxygen atoms in total. The smallest absolute Gasteiger partial charge is 0.168 e. The summed E-state index contributed by atoms with van der Waals surface area (Å²) in [5, 5.41) is 9.28. The molecule has 0 unspecified atom stereocenters. The standard InChI is InChI=1S/C91H63N7/c1-56-38-46-77-71(50-56)72-51-57(2)39-47-78(72)97(77)87-84(63-42-44-69-67-34-20-22-36-75(67)95(81(69)54-63)65-30-16-8-17-31-65)83(60-24-10-5-11-25-60)85(64-43-45-70-68-35-21-23-37-76(68)96(82(70)55-64)66-32-18-9-19-33-66)88(98-79-48-40-58(3)52-73(79)74-53-59(4)41-49-80(74)98)86(87)91-93-89(61-26-12-6-13-27-61)92-90(94-91)62-28-14-7-15-29-62/h5-55H,1-4H3. The van der Waals surface area contributed by atoms with E-state index in [-0.39, 0.29) is 0 Å². The van der Waals surface area contributed by atoms with Gasteiger partial charge in [-0.05, 0) is 141 Å². The summed E-state index contributed by atoms with van der Waals surface area (Å²) < 4.78 is 10.0. The highest BCUT2D eigenvalue weighted by Gasteiger charge is 2.35. The number of hydrogen-bond donors (Lipinski definition) is 0. The van der Waals surface area contributed by atoms with Crippen LogP contribution in [0.4, 0.5) is 0 Å². The van der Waals surface area contributed by atoms with Crippen LogP contribution in [-0.4, -0.2) is 33.2 Å². The minimum absolute atomic E-state index is 0.521. The van der Waals surface area contributed by atoms with Crippen LogP contribution in [0.15, 0.2) is 309 Å². The molecule has 0 atom stereocenters. The molecular formula is C91H63N7. The van der Waals surface area contributed by atoms with Gasteiger partial charge in [0.2, 0.25) is 0 Å². The Balaban J connectivity index is 1.13. The fraction of sp³-hybridized carbons (Fsp3) is 0.0440. The van der Waals surface area contributed by atoms with Gasteiger partial charge in [0, 0.05) is 82.3 Å². The van der Waals surface area contributed by atoms with E-state index in [9.17, 15) is 0 Å². The van der Waals surface area contributed by atoms with Gasteiger partial charge in [0.25, 0.3) is 0 Å². The molecule has 0 aliphatic heterocycles. The van der Waals surface area contributed by atoms with Crippen molar-refractivity contribution in [3.8, 4) is 90.3 Å². The zero-order valence-electron chi connectivity index (χ0n) is 54.6. The molecule has 5 heterocycles. The molecule has 0 radical (unpaired) electrons. The van der Waals surface area contributed by atoms with Crippen molar-refractivity contribution in [2.75, 3.05) is 0 Å². The van der Waals surface area contributed by atoms with E-state index in [1.54, 1.807) is 0 Å². The third-order valence-electron chi connectivity index (χ3n) is 20.0. The van der Waals surface area contributed by atoms with Crippen LogP contribution in [0.2, 0.25) is 0 Å². The lowest BCUT2D eigenvalue weighted by molar-refractivity contribution is 1.05. The SMILES string of the molecule is Cc1ccc2c(c1)c1cc(C)ccc1n2-c1c(-c2ccc3c4ccccc4n(-c4ccccc4)c3c2)c(-c2ccccc2)c(-c2ccc3c4ccccc4n(-c4ccccc4)c3c2)c(-n2c3ccc(C)cc3c3cc(C)ccc32)c1-c1nc(-c2ccccc2)nc(-c2ccccc2)n1. The molecule has 0 aliphatic carbocycles. The maximum absolute atomic E-state index is 6.00. The normalized spacial score (nSPS) is 11.9. The fourth-order valence-corrected chi connectivity index (χ4v) is 15.7. The molecular weight excluding hydrogens is 1190 g/mol. The van der Waals surface area contributed by atoms with Gasteiger partial charge in [-0.25, -0.2) is 15.0 Å². The van der Waals surface area contributed by atoms with E-state index >= 15 is 0 Å². The monoisotopic (exact) mass is 1250 g/mol. The molecule has 0 saturated heterocycles. The van der Waals surface area contributed by atoms with E-state index in [1.165, 1.54) is 33.0 Å². The van der Waals surface area contributed by atoms with Crippen molar-refractivity contribution < 1.29 is 0 Å². The lowest BCUT2D eigenvalue weighted by atomic mass is 9.81. The summed E-state index contributed by atoms with van der Waals surface area (Å²) in [5.74, 6) is 1.64. The van der Waals surface area contributed by atoms with Crippen LogP contribution in [0.5, 0.6) is 0 Å².